The first kappa shape index (κ1) is 25.0. The maximum atomic E-state index is 12.7. The van der Waals surface area contributed by atoms with Crippen LogP contribution in [0.4, 0.5) is 13.2 Å². The number of sulfonamides is 1. The van der Waals surface area contributed by atoms with Gasteiger partial charge in [0, 0.05) is 39.3 Å². The van der Waals surface area contributed by atoms with Gasteiger partial charge in [-0.1, -0.05) is 12.8 Å². The SMILES string of the molecule is CCNC(=NCC1CCN(S(=O)(=O)C(F)(F)F)CC1)N1CCC2(CCCC2)C1.I. The van der Waals surface area contributed by atoms with Crippen LogP contribution in [0, 0.1) is 11.3 Å². The summed E-state index contributed by atoms with van der Waals surface area (Å²) < 4.78 is 61.7. The van der Waals surface area contributed by atoms with Gasteiger partial charge in [-0.25, -0.2) is 8.42 Å². The highest BCUT2D eigenvalue weighted by Gasteiger charge is 2.50. The molecule has 0 aromatic carbocycles. The first-order valence-electron chi connectivity index (χ1n) is 10.3. The standard InChI is InChI=1S/C18H31F3N4O2S.HI/c1-2-22-16(24-12-9-17(14-24)7-3-4-8-17)23-13-15-5-10-25(11-6-15)28(26,27)18(19,20)21;/h15H,2-14H2,1H3,(H,22,23);1H. The minimum Gasteiger partial charge on any atom is -0.357 e. The number of rotatable bonds is 4. The summed E-state index contributed by atoms with van der Waals surface area (Å²) in [6.07, 6.45) is 7.20. The topological polar surface area (TPSA) is 65.0 Å². The molecular formula is C18H32F3IN4O2S. The van der Waals surface area contributed by atoms with E-state index in [1.165, 1.54) is 32.1 Å². The molecule has 3 fully saturated rings. The predicted octanol–water partition coefficient (Wildman–Crippen LogP) is 3.40. The predicted molar refractivity (Wildman–Crippen MR) is 118 cm³/mol. The van der Waals surface area contributed by atoms with Crippen LogP contribution in [0.15, 0.2) is 4.99 Å². The number of hydrogen-bond acceptors (Lipinski definition) is 3. The van der Waals surface area contributed by atoms with Crippen molar-refractivity contribution in [3.8, 4) is 0 Å². The number of nitrogens with one attached hydrogen (secondary N) is 1. The van der Waals surface area contributed by atoms with Crippen LogP contribution in [-0.2, 0) is 10.0 Å². The minimum absolute atomic E-state index is 0. The van der Waals surface area contributed by atoms with Gasteiger partial charge in [-0.15, -0.1) is 24.0 Å². The molecule has 0 aromatic heterocycles. The van der Waals surface area contributed by atoms with Crippen LogP contribution in [0.25, 0.3) is 0 Å². The Balaban J connectivity index is 0.00000300. The van der Waals surface area contributed by atoms with E-state index in [0.29, 0.717) is 29.1 Å². The van der Waals surface area contributed by atoms with Gasteiger partial charge in [0.15, 0.2) is 5.96 Å². The molecule has 170 valence electrons. The van der Waals surface area contributed by atoms with E-state index in [4.69, 9.17) is 4.99 Å². The number of guanidine groups is 1. The summed E-state index contributed by atoms with van der Waals surface area (Å²) in [5.41, 5.74) is -4.78. The summed E-state index contributed by atoms with van der Waals surface area (Å²) in [4.78, 5) is 7.07. The molecule has 0 amide bonds. The molecule has 1 spiro atoms. The molecule has 3 rings (SSSR count). The molecule has 2 aliphatic heterocycles. The van der Waals surface area contributed by atoms with E-state index in [1.807, 2.05) is 6.92 Å². The summed E-state index contributed by atoms with van der Waals surface area (Å²) >= 11 is 0. The minimum atomic E-state index is -5.22. The molecule has 1 saturated carbocycles. The van der Waals surface area contributed by atoms with Crippen LogP contribution in [0.5, 0.6) is 0 Å². The summed E-state index contributed by atoms with van der Waals surface area (Å²) in [7, 11) is -5.21. The molecule has 0 aromatic rings. The maximum absolute atomic E-state index is 12.7. The van der Waals surface area contributed by atoms with Gasteiger partial charge in [0.25, 0.3) is 0 Å². The Kier molecular flexibility index (Phi) is 8.51. The summed E-state index contributed by atoms with van der Waals surface area (Å²) in [5.74, 6) is 0.994. The van der Waals surface area contributed by atoms with Gasteiger partial charge in [-0.05, 0) is 50.4 Å². The second-order valence-corrected chi connectivity index (χ2v) is 10.3. The highest BCUT2D eigenvalue weighted by Crippen LogP contribution is 2.45. The quantitative estimate of drug-likeness (QED) is 0.330. The lowest BCUT2D eigenvalue weighted by molar-refractivity contribution is -0.0496. The first-order chi connectivity index (χ1) is 13.2. The van der Waals surface area contributed by atoms with Gasteiger partial charge in [-0.3, -0.25) is 4.99 Å². The van der Waals surface area contributed by atoms with Crippen molar-refractivity contribution in [1.82, 2.24) is 14.5 Å². The molecule has 2 heterocycles. The van der Waals surface area contributed by atoms with Crippen molar-refractivity contribution in [1.29, 1.82) is 0 Å². The monoisotopic (exact) mass is 552 g/mol. The van der Waals surface area contributed by atoms with Gasteiger partial charge >= 0.3 is 15.5 Å². The van der Waals surface area contributed by atoms with Crippen molar-refractivity contribution in [2.45, 2.75) is 57.4 Å². The van der Waals surface area contributed by atoms with Crippen molar-refractivity contribution in [3.63, 3.8) is 0 Å². The molecule has 0 atom stereocenters. The second kappa shape index (κ2) is 9.88. The lowest BCUT2D eigenvalue weighted by Crippen LogP contribution is -2.45. The van der Waals surface area contributed by atoms with Gasteiger partial charge in [0.05, 0.1) is 0 Å². The van der Waals surface area contributed by atoms with E-state index in [1.54, 1.807) is 0 Å². The van der Waals surface area contributed by atoms with Crippen LogP contribution in [0.2, 0.25) is 0 Å². The Hall–Kier alpha value is -0.300. The summed E-state index contributed by atoms with van der Waals surface area (Å²) in [5, 5.41) is 3.34. The Morgan fingerprint density at radius 1 is 1.14 bits per heavy atom. The fourth-order valence-electron chi connectivity index (χ4n) is 4.77. The fourth-order valence-corrected chi connectivity index (χ4v) is 5.75. The molecule has 0 radical (unpaired) electrons. The molecule has 1 aliphatic carbocycles. The lowest BCUT2D eigenvalue weighted by Gasteiger charge is -2.31. The zero-order valence-electron chi connectivity index (χ0n) is 16.9. The van der Waals surface area contributed by atoms with E-state index in [-0.39, 0.29) is 43.0 Å². The van der Waals surface area contributed by atoms with E-state index in [2.05, 4.69) is 10.2 Å². The number of alkyl halides is 3. The Morgan fingerprint density at radius 2 is 1.76 bits per heavy atom. The average Bonchev–Trinajstić information content (AvgIpc) is 3.28. The molecule has 0 unspecified atom stereocenters. The van der Waals surface area contributed by atoms with Gasteiger partial charge in [-0.2, -0.15) is 17.5 Å². The van der Waals surface area contributed by atoms with Crippen molar-refractivity contribution in [3.05, 3.63) is 0 Å². The van der Waals surface area contributed by atoms with E-state index in [9.17, 15) is 21.6 Å². The van der Waals surface area contributed by atoms with Gasteiger partial charge < -0.3 is 10.2 Å². The molecule has 1 N–H and O–H groups in total. The van der Waals surface area contributed by atoms with Gasteiger partial charge in [0.2, 0.25) is 0 Å². The fraction of sp³-hybridized carbons (Fsp3) is 0.944. The maximum Gasteiger partial charge on any atom is 0.511 e. The normalized spacial score (nSPS) is 24.1. The molecule has 2 saturated heterocycles. The van der Waals surface area contributed by atoms with Crippen molar-refractivity contribution >= 4 is 40.0 Å². The van der Waals surface area contributed by atoms with E-state index in [0.717, 1.165) is 25.6 Å². The Bertz CT molecular complexity index is 673. The lowest BCUT2D eigenvalue weighted by atomic mass is 9.86. The molecule has 0 bridgehead atoms. The molecule has 3 aliphatic rings. The van der Waals surface area contributed by atoms with Crippen LogP contribution >= 0.6 is 24.0 Å². The second-order valence-electron chi connectivity index (χ2n) is 8.37. The average molecular weight is 552 g/mol. The molecule has 11 heteroatoms. The number of nitrogens with zero attached hydrogens (tertiary/aromatic N) is 3. The van der Waals surface area contributed by atoms with Crippen LogP contribution in [0.3, 0.4) is 0 Å². The molecular weight excluding hydrogens is 520 g/mol. The van der Waals surface area contributed by atoms with Gasteiger partial charge in [0.1, 0.15) is 0 Å². The van der Waals surface area contributed by atoms with E-state index >= 15 is 0 Å². The number of piperidine rings is 1. The molecule has 29 heavy (non-hydrogen) atoms. The van der Waals surface area contributed by atoms with Crippen LogP contribution in [-0.4, -0.2) is 68.4 Å². The summed E-state index contributed by atoms with van der Waals surface area (Å²) in [6, 6.07) is 0. The zero-order chi connectivity index (χ0) is 20.4. The Labute approximate surface area is 188 Å². The highest BCUT2D eigenvalue weighted by molar-refractivity contribution is 14.0. The van der Waals surface area contributed by atoms with Crippen molar-refractivity contribution in [2.75, 3.05) is 39.3 Å². The first-order valence-corrected chi connectivity index (χ1v) is 11.7. The third-order valence-corrected chi connectivity index (χ3v) is 8.07. The third-order valence-electron chi connectivity index (χ3n) is 6.44. The van der Waals surface area contributed by atoms with E-state index < -0.39 is 15.5 Å². The number of halogens is 4. The van der Waals surface area contributed by atoms with Crippen LogP contribution < -0.4 is 5.32 Å². The zero-order valence-corrected chi connectivity index (χ0v) is 20.0. The summed E-state index contributed by atoms with van der Waals surface area (Å²) in [6.45, 7) is 5.15. The molecule has 6 nitrogen and oxygen atoms in total. The number of likely N-dealkylation sites (tertiary alicyclic amines) is 1. The largest absolute Gasteiger partial charge is 0.511 e. The van der Waals surface area contributed by atoms with Crippen molar-refractivity contribution < 1.29 is 21.6 Å². The number of hydrogen-bond donors (Lipinski definition) is 1. The Morgan fingerprint density at radius 3 is 2.31 bits per heavy atom. The number of aliphatic imine (C=N–C) groups is 1. The van der Waals surface area contributed by atoms with Crippen molar-refractivity contribution in [2.24, 2.45) is 16.3 Å². The third kappa shape index (κ3) is 5.69. The van der Waals surface area contributed by atoms with Crippen LogP contribution in [0.1, 0.15) is 51.9 Å². The highest BCUT2D eigenvalue weighted by atomic mass is 127. The smallest absolute Gasteiger partial charge is 0.357 e.